The van der Waals surface area contributed by atoms with Crippen molar-refractivity contribution in [3.05, 3.63) is 56.6 Å². The van der Waals surface area contributed by atoms with Crippen molar-refractivity contribution in [1.82, 2.24) is 0 Å². The van der Waals surface area contributed by atoms with Gasteiger partial charge in [-0.05, 0) is 80.7 Å². The zero-order valence-electron chi connectivity index (χ0n) is 18.9. The SMILES string of the molecule is CCOc1cc2c(c3c1OC(C)(C)C3)C(c1ccc(C(=O)OC)c(Br)c1)=NC(C)(C)C2. The van der Waals surface area contributed by atoms with Crippen LogP contribution in [0, 0.1) is 0 Å². The largest absolute Gasteiger partial charge is 0.490 e. The molecule has 0 atom stereocenters. The van der Waals surface area contributed by atoms with Crippen LogP contribution in [0.25, 0.3) is 0 Å². The minimum Gasteiger partial charge on any atom is -0.490 e. The molecule has 0 bridgehead atoms. The maximum Gasteiger partial charge on any atom is 0.339 e. The molecule has 0 saturated heterocycles. The number of aliphatic imine (C=N–C) groups is 1. The zero-order chi connectivity index (χ0) is 22.6. The van der Waals surface area contributed by atoms with Gasteiger partial charge >= 0.3 is 5.97 Å². The Bertz CT molecular complexity index is 1100. The molecule has 0 spiro atoms. The molecule has 0 unspecified atom stereocenters. The average Bonchev–Trinajstić information content (AvgIpc) is 3.01. The molecule has 164 valence electrons. The first kappa shape index (κ1) is 21.9. The lowest BCUT2D eigenvalue weighted by Crippen LogP contribution is -2.30. The van der Waals surface area contributed by atoms with Crippen LogP contribution in [0.2, 0.25) is 0 Å². The molecular formula is C25H28BrNO4. The summed E-state index contributed by atoms with van der Waals surface area (Å²) in [5, 5.41) is 0. The second kappa shape index (κ2) is 7.66. The smallest absolute Gasteiger partial charge is 0.339 e. The van der Waals surface area contributed by atoms with Crippen molar-refractivity contribution in [2.24, 2.45) is 4.99 Å². The number of fused-ring (bicyclic) bond motifs is 3. The number of rotatable bonds is 4. The first-order valence-corrected chi connectivity index (χ1v) is 11.3. The molecular weight excluding hydrogens is 458 g/mol. The molecule has 0 N–H and O–H groups in total. The highest BCUT2D eigenvalue weighted by Gasteiger charge is 2.39. The van der Waals surface area contributed by atoms with Crippen molar-refractivity contribution in [3.8, 4) is 11.5 Å². The first-order chi connectivity index (χ1) is 14.5. The summed E-state index contributed by atoms with van der Waals surface area (Å²) in [7, 11) is 1.38. The van der Waals surface area contributed by atoms with Crippen molar-refractivity contribution in [1.29, 1.82) is 0 Å². The molecule has 0 aliphatic carbocycles. The van der Waals surface area contributed by atoms with E-state index < -0.39 is 0 Å². The van der Waals surface area contributed by atoms with Crippen LogP contribution in [0.5, 0.6) is 11.5 Å². The number of carbonyl (C=O) groups excluding carboxylic acids is 1. The predicted octanol–water partition coefficient (Wildman–Crippen LogP) is 5.52. The second-order valence-corrected chi connectivity index (χ2v) is 10.2. The molecule has 31 heavy (non-hydrogen) atoms. The van der Waals surface area contributed by atoms with E-state index in [9.17, 15) is 4.79 Å². The molecule has 6 heteroatoms. The lowest BCUT2D eigenvalue weighted by atomic mass is 9.81. The van der Waals surface area contributed by atoms with Gasteiger partial charge in [-0.3, -0.25) is 4.99 Å². The number of nitrogens with zero attached hydrogens (tertiary/aromatic N) is 1. The fourth-order valence-electron chi connectivity index (χ4n) is 4.48. The number of halogens is 1. The van der Waals surface area contributed by atoms with Crippen LogP contribution >= 0.6 is 15.9 Å². The van der Waals surface area contributed by atoms with Crippen LogP contribution in [0.3, 0.4) is 0 Å². The van der Waals surface area contributed by atoms with Crippen LogP contribution in [0.15, 0.2) is 33.7 Å². The van der Waals surface area contributed by atoms with Gasteiger partial charge in [0.25, 0.3) is 0 Å². The molecule has 2 heterocycles. The Hall–Kier alpha value is -2.34. The topological polar surface area (TPSA) is 57.1 Å². The number of hydrogen-bond donors (Lipinski definition) is 0. The average molecular weight is 486 g/mol. The highest BCUT2D eigenvalue weighted by Crippen LogP contribution is 2.48. The molecule has 5 nitrogen and oxygen atoms in total. The molecule has 0 amide bonds. The maximum atomic E-state index is 12.0. The fourth-order valence-corrected chi connectivity index (χ4v) is 5.02. The van der Waals surface area contributed by atoms with E-state index in [-0.39, 0.29) is 17.1 Å². The summed E-state index contributed by atoms with van der Waals surface area (Å²) < 4.78 is 17.9. The molecule has 2 aromatic rings. The molecule has 2 aliphatic heterocycles. The van der Waals surface area contributed by atoms with Gasteiger partial charge in [0, 0.05) is 27.6 Å². The van der Waals surface area contributed by atoms with Crippen LogP contribution in [-0.4, -0.2) is 36.5 Å². The van der Waals surface area contributed by atoms with Gasteiger partial charge < -0.3 is 14.2 Å². The van der Waals surface area contributed by atoms with E-state index in [0.29, 0.717) is 16.6 Å². The third-order valence-electron chi connectivity index (χ3n) is 5.63. The number of methoxy groups -OCH3 is 1. The summed E-state index contributed by atoms with van der Waals surface area (Å²) in [5.41, 5.74) is 5.28. The molecule has 0 saturated carbocycles. The van der Waals surface area contributed by atoms with Gasteiger partial charge in [0.15, 0.2) is 11.5 Å². The van der Waals surface area contributed by atoms with Gasteiger partial charge in [0.2, 0.25) is 0 Å². The lowest BCUT2D eigenvalue weighted by Gasteiger charge is -2.31. The summed E-state index contributed by atoms with van der Waals surface area (Å²) in [4.78, 5) is 17.2. The Balaban J connectivity index is 1.93. The lowest BCUT2D eigenvalue weighted by molar-refractivity contribution is 0.0599. The van der Waals surface area contributed by atoms with Gasteiger partial charge in [0.1, 0.15) is 5.60 Å². The second-order valence-electron chi connectivity index (χ2n) is 9.32. The summed E-state index contributed by atoms with van der Waals surface area (Å²) in [6.45, 7) is 11.1. The van der Waals surface area contributed by atoms with Crippen LogP contribution < -0.4 is 9.47 Å². The van der Waals surface area contributed by atoms with Crippen LogP contribution in [0.4, 0.5) is 0 Å². The highest BCUT2D eigenvalue weighted by molar-refractivity contribution is 9.10. The van der Waals surface area contributed by atoms with Crippen LogP contribution in [0.1, 0.15) is 67.2 Å². The van der Waals surface area contributed by atoms with E-state index >= 15 is 0 Å². The molecule has 2 aromatic carbocycles. The fraction of sp³-hybridized carbons (Fsp3) is 0.440. The zero-order valence-corrected chi connectivity index (χ0v) is 20.5. The molecule has 0 fully saturated rings. The van der Waals surface area contributed by atoms with Gasteiger partial charge in [-0.15, -0.1) is 0 Å². The summed E-state index contributed by atoms with van der Waals surface area (Å²) >= 11 is 3.54. The highest BCUT2D eigenvalue weighted by atomic mass is 79.9. The number of benzene rings is 2. The van der Waals surface area contributed by atoms with E-state index in [4.69, 9.17) is 19.2 Å². The van der Waals surface area contributed by atoms with Gasteiger partial charge in [-0.1, -0.05) is 6.07 Å². The number of hydrogen-bond acceptors (Lipinski definition) is 5. The van der Waals surface area contributed by atoms with Crippen molar-refractivity contribution in [3.63, 3.8) is 0 Å². The Morgan fingerprint density at radius 2 is 1.94 bits per heavy atom. The van der Waals surface area contributed by atoms with E-state index in [1.165, 1.54) is 12.7 Å². The van der Waals surface area contributed by atoms with E-state index in [0.717, 1.165) is 46.7 Å². The standard InChI is InChI=1S/C25H28BrNO4/c1-7-30-19-11-15-12-24(2,3)27-21(20(15)17-13-25(4,5)31-22(17)19)14-8-9-16(18(26)10-14)23(28)29-6/h8-11H,7,12-13H2,1-6H3. The quantitative estimate of drug-likeness (QED) is 0.534. The third kappa shape index (κ3) is 3.98. The van der Waals surface area contributed by atoms with Crippen molar-refractivity contribution in [2.75, 3.05) is 13.7 Å². The van der Waals surface area contributed by atoms with E-state index in [1.807, 2.05) is 19.1 Å². The minimum absolute atomic E-state index is 0.261. The predicted molar refractivity (Wildman–Crippen MR) is 125 cm³/mol. The van der Waals surface area contributed by atoms with Gasteiger partial charge in [0.05, 0.1) is 30.5 Å². The van der Waals surface area contributed by atoms with Gasteiger partial charge in [-0.2, -0.15) is 0 Å². The summed E-state index contributed by atoms with van der Waals surface area (Å²) in [6, 6.07) is 7.78. The Morgan fingerprint density at radius 1 is 1.19 bits per heavy atom. The number of carbonyl (C=O) groups is 1. The number of esters is 1. The molecule has 2 aliphatic rings. The van der Waals surface area contributed by atoms with E-state index in [1.54, 1.807) is 6.07 Å². The Morgan fingerprint density at radius 3 is 2.58 bits per heavy atom. The normalized spacial score (nSPS) is 17.8. The Labute approximate surface area is 191 Å². The van der Waals surface area contributed by atoms with Crippen LogP contribution in [-0.2, 0) is 17.6 Å². The molecule has 0 radical (unpaired) electrons. The van der Waals surface area contributed by atoms with Crippen molar-refractivity contribution in [2.45, 2.75) is 58.6 Å². The minimum atomic E-state index is -0.373. The van der Waals surface area contributed by atoms with Crippen molar-refractivity contribution < 1.29 is 19.0 Å². The summed E-state index contributed by atoms with van der Waals surface area (Å²) in [6.07, 6.45) is 1.60. The summed E-state index contributed by atoms with van der Waals surface area (Å²) in [5.74, 6) is 1.26. The first-order valence-electron chi connectivity index (χ1n) is 10.5. The Kier molecular flexibility index (Phi) is 5.41. The van der Waals surface area contributed by atoms with E-state index in [2.05, 4.69) is 49.7 Å². The monoisotopic (exact) mass is 485 g/mol. The maximum absolute atomic E-state index is 12.0. The third-order valence-corrected chi connectivity index (χ3v) is 6.29. The molecule has 0 aromatic heterocycles. The number of ether oxygens (including phenoxy) is 3. The molecule has 4 rings (SSSR count). The van der Waals surface area contributed by atoms with Gasteiger partial charge in [-0.25, -0.2) is 4.79 Å². The van der Waals surface area contributed by atoms with Crippen molar-refractivity contribution >= 4 is 27.6 Å².